The zero-order valence-electron chi connectivity index (χ0n) is 14.7. The van der Waals surface area contributed by atoms with E-state index in [1.807, 2.05) is 0 Å². The highest BCUT2D eigenvalue weighted by molar-refractivity contribution is 7.89. The average Bonchev–Trinajstić information content (AvgIpc) is 2.68. The van der Waals surface area contributed by atoms with Crippen molar-refractivity contribution in [2.75, 3.05) is 26.3 Å². The van der Waals surface area contributed by atoms with Crippen LogP contribution < -0.4 is 0 Å². The van der Waals surface area contributed by atoms with Crippen molar-refractivity contribution in [1.29, 1.82) is 0 Å². The largest absolute Gasteiger partial charge is 0.379 e. The molecular weight excluding hydrogens is 370 g/mol. The van der Waals surface area contributed by atoms with Gasteiger partial charge in [-0.15, -0.1) is 0 Å². The van der Waals surface area contributed by atoms with Crippen molar-refractivity contribution in [3.63, 3.8) is 0 Å². The van der Waals surface area contributed by atoms with Gasteiger partial charge in [-0.05, 0) is 42.3 Å². The average molecular weight is 389 g/mol. The topological polar surface area (TPSA) is 102 Å². The first-order valence-electron chi connectivity index (χ1n) is 8.35. The van der Waals surface area contributed by atoms with Gasteiger partial charge in [0, 0.05) is 31.4 Å². The third-order valence-electron chi connectivity index (χ3n) is 4.23. The molecule has 1 heterocycles. The Morgan fingerprint density at radius 2 is 1.81 bits per heavy atom. The van der Waals surface area contributed by atoms with Gasteiger partial charge in [0.1, 0.15) is 0 Å². The molecular formula is C18H19N3O5S. The van der Waals surface area contributed by atoms with E-state index < -0.39 is 14.9 Å². The van der Waals surface area contributed by atoms with E-state index in [-0.39, 0.29) is 10.6 Å². The third kappa shape index (κ3) is 4.38. The quantitative estimate of drug-likeness (QED) is 0.444. The molecule has 0 saturated carbocycles. The van der Waals surface area contributed by atoms with Crippen LogP contribution in [0, 0.1) is 17.0 Å². The van der Waals surface area contributed by atoms with Crippen LogP contribution in [0.3, 0.4) is 0 Å². The summed E-state index contributed by atoms with van der Waals surface area (Å²) in [5.41, 5.74) is 1.82. The van der Waals surface area contributed by atoms with Gasteiger partial charge in [-0.1, -0.05) is 6.07 Å². The summed E-state index contributed by atoms with van der Waals surface area (Å²) in [6, 6.07) is 10.9. The van der Waals surface area contributed by atoms with Gasteiger partial charge in [-0.3, -0.25) is 15.1 Å². The molecule has 2 aromatic rings. The highest BCUT2D eigenvalue weighted by atomic mass is 32.2. The van der Waals surface area contributed by atoms with Crippen LogP contribution in [0.2, 0.25) is 0 Å². The summed E-state index contributed by atoms with van der Waals surface area (Å²) >= 11 is 0. The Labute approximate surface area is 157 Å². The minimum Gasteiger partial charge on any atom is -0.379 e. The maximum absolute atomic E-state index is 12.9. The SMILES string of the molecule is Cc1ccc(N=Cc2ccc([N+](=O)[O-])cc2)cc1S(=O)(=O)N1CCOCC1. The van der Waals surface area contributed by atoms with E-state index in [2.05, 4.69) is 4.99 Å². The molecule has 0 aromatic heterocycles. The highest BCUT2D eigenvalue weighted by Gasteiger charge is 2.27. The van der Waals surface area contributed by atoms with E-state index in [1.54, 1.807) is 43.5 Å². The Kier molecular flexibility index (Phi) is 5.64. The molecule has 27 heavy (non-hydrogen) atoms. The molecule has 8 nitrogen and oxygen atoms in total. The molecule has 9 heteroatoms. The number of sulfonamides is 1. The van der Waals surface area contributed by atoms with Gasteiger partial charge in [0.25, 0.3) is 5.69 Å². The zero-order valence-corrected chi connectivity index (χ0v) is 15.6. The molecule has 142 valence electrons. The molecule has 0 atom stereocenters. The fourth-order valence-corrected chi connectivity index (χ4v) is 4.36. The normalized spacial score (nSPS) is 15.9. The molecule has 1 fully saturated rings. The van der Waals surface area contributed by atoms with Gasteiger partial charge in [0.15, 0.2) is 0 Å². The number of ether oxygens (including phenoxy) is 1. The summed E-state index contributed by atoms with van der Waals surface area (Å²) in [7, 11) is -3.61. The maximum Gasteiger partial charge on any atom is 0.269 e. The number of nitro benzene ring substituents is 1. The molecule has 1 aliphatic rings. The second kappa shape index (κ2) is 7.95. The Hall–Kier alpha value is -2.62. The first-order valence-corrected chi connectivity index (χ1v) is 9.79. The molecule has 0 unspecified atom stereocenters. The number of aryl methyl sites for hydroxylation is 1. The predicted octanol–water partition coefficient (Wildman–Crippen LogP) is 2.67. The standard InChI is InChI=1S/C18H19N3O5S/c1-14-2-5-16(19-13-15-3-6-17(7-4-15)21(22)23)12-18(14)27(24,25)20-8-10-26-11-9-20/h2-7,12-13H,8-11H2,1H3. The van der Waals surface area contributed by atoms with Crippen molar-refractivity contribution in [1.82, 2.24) is 4.31 Å². The first kappa shape index (κ1) is 19.2. The van der Waals surface area contributed by atoms with E-state index in [9.17, 15) is 18.5 Å². The Morgan fingerprint density at radius 3 is 2.44 bits per heavy atom. The van der Waals surface area contributed by atoms with Crippen LogP contribution in [-0.4, -0.2) is 50.2 Å². The second-order valence-corrected chi connectivity index (χ2v) is 7.98. The van der Waals surface area contributed by atoms with Crippen molar-refractivity contribution in [3.8, 4) is 0 Å². The van der Waals surface area contributed by atoms with E-state index in [4.69, 9.17) is 4.74 Å². The lowest BCUT2D eigenvalue weighted by molar-refractivity contribution is -0.384. The van der Waals surface area contributed by atoms with Gasteiger partial charge < -0.3 is 4.74 Å². The van der Waals surface area contributed by atoms with Crippen molar-refractivity contribution in [3.05, 3.63) is 63.7 Å². The monoisotopic (exact) mass is 389 g/mol. The molecule has 1 aliphatic heterocycles. The lowest BCUT2D eigenvalue weighted by Gasteiger charge is -2.26. The molecule has 0 bridgehead atoms. The number of hydrogen-bond acceptors (Lipinski definition) is 6. The van der Waals surface area contributed by atoms with Gasteiger partial charge in [-0.25, -0.2) is 8.42 Å². The Morgan fingerprint density at radius 1 is 1.15 bits per heavy atom. The molecule has 0 radical (unpaired) electrons. The third-order valence-corrected chi connectivity index (χ3v) is 6.27. The lowest BCUT2D eigenvalue weighted by Crippen LogP contribution is -2.40. The highest BCUT2D eigenvalue weighted by Crippen LogP contribution is 2.25. The molecule has 0 N–H and O–H groups in total. The Balaban J connectivity index is 1.85. The molecule has 0 spiro atoms. The van der Waals surface area contributed by atoms with Crippen LogP contribution >= 0.6 is 0 Å². The second-order valence-electron chi connectivity index (χ2n) is 6.07. The van der Waals surface area contributed by atoms with E-state index in [0.717, 1.165) is 0 Å². The van der Waals surface area contributed by atoms with Crippen LogP contribution in [0.25, 0.3) is 0 Å². The van der Waals surface area contributed by atoms with Crippen LogP contribution in [0.15, 0.2) is 52.4 Å². The van der Waals surface area contributed by atoms with Crippen molar-refractivity contribution >= 4 is 27.6 Å². The van der Waals surface area contributed by atoms with Crippen molar-refractivity contribution < 1.29 is 18.1 Å². The van der Waals surface area contributed by atoms with E-state index >= 15 is 0 Å². The van der Waals surface area contributed by atoms with Gasteiger partial charge >= 0.3 is 0 Å². The minimum absolute atomic E-state index is 0.00127. The first-order chi connectivity index (χ1) is 12.9. The number of hydrogen-bond donors (Lipinski definition) is 0. The number of rotatable bonds is 5. The van der Waals surface area contributed by atoms with Crippen molar-refractivity contribution in [2.45, 2.75) is 11.8 Å². The molecule has 3 rings (SSSR count). The van der Waals surface area contributed by atoms with Gasteiger partial charge in [-0.2, -0.15) is 4.31 Å². The summed E-state index contributed by atoms with van der Waals surface area (Å²) in [6.45, 7) is 3.18. The number of non-ortho nitro benzene ring substituents is 1. The Bertz CT molecular complexity index is 965. The van der Waals surface area contributed by atoms with E-state index in [1.165, 1.54) is 16.4 Å². The van der Waals surface area contributed by atoms with Gasteiger partial charge in [0.05, 0.1) is 28.7 Å². The predicted molar refractivity (Wildman–Crippen MR) is 101 cm³/mol. The number of morpholine rings is 1. The van der Waals surface area contributed by atoms with Crippen LogP contribution in [0.5, 0.6) is 0 Å². The molecule has 2 aromatic carbocycles. The number of nitrogens with zero attached hydrogens (tertiary/aromatic N) is 3. The summed E-state index contributed by atoms with van der Waals surface area (Å²) in [5.74, 6) is 0. The smallest absolute Gasteiger partial charge is 0.269 e. The summed E-state index contributed by atoms with van der Waals surface area (Å²) in [6.07, 6.45) is 1.54. The molecule has 1 saturated heterocycles. The minimum atomic E-state index is -3.61. The van der Waals surface area contributed by atoms with Crippen LogP contribution in [-0.2, 0) is 14.8 Å². The van der Waals surface area contributed by atoms with Crippen LogP contribution in [0.1, 0.15) is 11.1 Å². The molecule has 0 aliphatic carbocycles. The fourth-order valence-electron chi connectivity index (χ4n) is 2.70. The van der Waals surface area contributed by atoms with E-state index in [0.29, 0.717) is 43.1 Å². The van der Waals surface area contributed by atoms with Gasteiger partial charge in [0.2, 0.25) is 10.0 Å². The maximum atomic E-state index is 12.9. The number of nitro groups is 1. The number of aliphatic imine (C=N–C) groups is 1. The summed E-state index contributed by atoms with van der Waals surface area (Å²) < 4.78 is 32.4. The summed E-state index contributed by atoms with van der Waals surface area (Å²) in [4.78, 5) is 14.8. The lowest BCUT2D eigenvalue weighted by atomic mass is 10.2. The summed E-state index contributed by atoms with van der Waals surface area (Å²) in [5, 5.41) is 10.7. The zero-order chi connectivity index (χ0) is 19.4. The number of benzene rings is 2. The van der Waals surface area contributed by atoms with Crippen LogP contribution in [0.4, 0.5) is 11.4 Å². The fraction of sp³-hybridized carbons (Fsp3) is 0.278. The van der Waals surface area contributed by atoms with Crippen molar-refractivity contribution in [2.24, 2.45) is 4.99 Å². The molecule has 0 amide bonds.